The van der Waals surface area contributed by atoms with Crippen LogP contribution in [0.2, 0.25) is 0 Å². The fraction of sp³-hybridized carbons (Fsp3) is 0.375. The largest absolute Gasteiger partial charge is 0.481 e. The van der Waals surface area contributed by atoms with Gasteiger partial charge in [-0.3, -0.25) is 9.59 Å². The lowest BCUT2D eigenvalue weighted by Gasteiger charge is -2.30. The zero-order chi connectivity index (χ0) is 20.1. The Bertz CT molecular complexity index is 766. The Balaban J connectivity index is 2.04. The normalized spacial score (nSPS) is 19.4. The SMILES string of the molecule is O=C(O)C[C@@H]1CC[C@H](NC(=O)Cc2cccc(C(=O)O)c2C(=O)O)B(O)O1. The molecule has 27 heavy (non-hydrogen) atoms. The van der Waals surface area contributed by atoms with Gasteiger partial charge in [0.25, 0.3) is 0 Å². The van der Waals surface area contributed by atoms with Crippen LogP contribution in [0.3, 0.4) is 0 Å². The summed E-state index contributed by atoms with van der Waals surface area (Å²) in [6.45, 7) is 0. The minimum absolute atomic E-state index is 0.0230. The van der Waals surface area contributed by atoms with E-state index in [1.807, 2.05) is 0 Å². The topological polar surface area (TPSA) is 170 Å². The first-order chi connectivity index (χ1) is 12.7. The molecule has 0 aromatic heterocycles. The number of carboxylic acids is 3. The van der Waals surface area contributed by atoms with Crippen LogP contribution >= 0.6 is 0 Å². The minimum atomic E-state index is -1.46. The van der Waals surface area contributed by atoms with E-state index in [9.17, 15) is 29.3 Å². The van der Waals surface area contributed by atoms with Gasteiger partial charge in [-0.25, -0.2) is 9.59 Å². The molecule has 1 aliphatic heterocycles. The fourth-order valence-corrected chi connectivity index (χ4v) is 2.97. The Kier molecular flexibility index (Phi) is 6.53. The molecule has 1 fully saturated rings. The van der Waals surface area contributed by atoms with Crippen molar-refractivity contribution in [1.82, 2.24) is 5.32 Å². The predicted octanol–water partition coefficient (Wildman–Crippen LogP) is -0.216. The Morgan fingerprint density at radius 2 is 1.81 bits per heavy atom. The number of carbonyl (C=O) groups is 4. The van der Waals surface area contributed by atoms with Crippen LogP contribution in [-0.2, 0) is 20.7 Å². The second-order valence-corrected chi connectivity index (χ2v) is 6.12. The van der Waals surface area contributed by atoms with E-state index < -0.39 is 60.5 Å². The van der Waals surface area contributed by atoms with Gasteiger partial charge in [0.15, 0.2) is 0 Å². The number of aromatic carboxylic acids is 2. The molecule has 1 aromatic rings. The van der Waals surface area contributed by atoms with Crippen LogP contribution in [0.25, 0.3) is 0 Å². The van der Waals surface area contributed by atoms with Crippen LogP contribution < -0.4 is 5.32 Å². The lowest BCUT2D eigenvalue weighted by molar-refractivity contribution is -0.139. The van der Waals surface area contributed by atoms with E-state index in [2.05, 4.69) is 5.32 Å². The maximum absolute atomic E-state index is 12.2. The van der Waals surface area contributed by atoms with Gasteiger partial charge in [-0.15, -0.1) is 0 Å². The molecular formula is C16H18BNO9. The van der Waals surface area contributed by atoms with E-state index in [0.29, 0.717) is 6.42 Å². The van der Waals surface area contributed by atoms with Gasteiger partial charge in [0.05, 0.1) is 36.0 Å². The van der Waals surface area contributed by atoms with E-state index >= 15 is 0 Å². The number of rotatable bonds is 7. The van der Waals surface area contributed by atoms with Gasteiger partial charge >= 0.3 is 25.0 Å². The third kappa shape index (κ3) is 5.28. The summed E-state index contributed by atoms with van der Waals surface area (Å²) in [5.41, 5.74) is -0.873. The molecule has 2 rings (SSSR count). The first-order valence-electron chi connectivity index (χ1n) is 8.12. The summed E-state index contributed by atoms with van der Waals surface area (Å²) in [4.78, 5) is 45.5. The molecular weight excluding hydrogens is 361 g/mol. The number of carbonyl (C=O) groups excluding carboxylic acids is 1. The Hall–Kier alpha value is -2.92. The highest BCUT2D eigenvalue weighted by Crippen LogP contribution is 2.20. The van der Waals surface area contributed by atoms with Gasteiger partial charge in [0.2, 0.25) is 5.91 Å². The van der Waals surface area contributed by atoms with Crippen molar-refractivity contribution in [1.29, 1.82) is 0 Å². The Morgan fingerprint density at radius 3 is 2.37 bits per heavy atom. The summed E-state index contributed by atoms with van der Waals surface area (Å²) >= 11 is 0. The first-order valence-corrected chi connectivity index (χ1v) is 8.12. The zero-order valence-electron chi connectivity index (χ0n) is 14.1. The quantitative estimate of drug-likeness (QED) is 0.402. The van der Waals surface area contributed by atoms with Gasteiger partial charge in [-0.1, -0.05) is 12.1 Å². The molecule has 5 N–H and O–H groups in total. The van der Waals surface area contributed by atoms with Crippen molar-refractivity contribution in [3.05, 3.63) is 34.9 Å². The average molecular weight is 379 g/mol. The van der Waals surface area contributed by atoms with Gasteiger partial charge in [0.1, 0.15) is 0 Å². The van der Waals surface area contributed by atoms with E-state index in [0.717, 1.165) is 6.07 Å². The third-order valence-corrected chi connectivity index (χ3v) is 4.17. The number of hydrogen-bond acceptors (Lipinski definition) is 6. The zero-order valence-corrected chi connectivity index (χ0v) is 14.1. The molecule has 0 bridgehead atoms. The van der Waals surface area contributed by atoms with Crippen molar-refractivity contribution < 1.29 is 44.2 Å². The lowest BCUT2D eigenvalue weighted by Crippen LogP contribution is -2.53. The summed E-state index contributed by atoms with van der Waals surface area (Å²) in [6.07, 6.45) is -0.710. The monoisotopic (exact) mass is 379 g/mol. The fourth-order valence-electron chi connectivity index (χ4n) is 2.97. The smallest absolute Gasteiger partial charge is 0.478 e. The molecule has 0 saturated carbocycles. The van der Waals surface area contributed by atoms with Crippen molar-refractivity contribution in [3.63, 3.8) is 0 Å². The number of carboxylic acid groups (broad SMARTS) is 3. The predicted molar refractivity (Wildman–Crippen MR) is 90.3 cm³/mol. The van der Waals surface area contributed by atoms with Crippen molar-refractivity contribution in [2.45, 2.75) is 37.7 Å². The summed E-state index contributed by atoms with van der Waals surface area (Å²) < 4.78 is 5.16. The van der Waals surface area contributed by atoms with Gasteiger partial charge in [-0.05, 0) is 24.5 Å². The number of aliphatic carboxylic acids is 1. The molecule has 1 heterocycles. The van der Waals surface area contributed by atoms with E-state index in [-0.39, 0.29) is 18.4 Å². The Labute approximate surface area is 153 Å². The summed E-state index contributed by atoms with van der Waals surface area (Å²) in [5, 5.41) is 39.5. The molecule has 0 radical (unpaired) electrons. The van der Waals surface area contributed by atoms with Crippen molar-refractivity contribution in [3.8, 4) is 0 Å². The first kappa shape index (κ1) is 20.4. The van der Waals surface area contributed by atoms with Gasteiger partial charge in [0, 0.05) is 0 Å². The van der Waals surface area contributed by atoms with Crippen molar-refractivity contribution in [2.24, 2.45) is 0 Å². The summed E-state index contributed by atoms with van der Waals surface area (Å²) in [7, 11) is -1.39. The van der Waals surface area contributed by atoms with Crippen LogP contribution in [0, 0.1) is 0 Å². The van der Waals surface area contributed by atoms with Gasteiger partial charge < -0.3 is 30.3 Å². The minimum Gasteiger partial charge on any atom is -0.481 e. The average Bonchev–Trinajstić information content (AvgIpc) is 2.56. The van der Waals surface area contributed by atoms with E-state index in [1.54, 1.807) is 0 Å². The van der Waals surface area contributed by atoms with Crippen LogP contribution in [-0.4, -0.2) is 63.3 Å². The highest BCUT2D eigenvalue weighted by atomic mass is 16.5. The third-order valence-electron chi connectivity index (χ3n) is 4.17. The molecule has 2 atom stereocenters. The van der Waals surface area contributed by atoms with Crippen molar-refractivity contribution in [2.75, 3.05) is 0 Å². The Morgan fingerprint density at radius 1 is 1.11 bits per heavy atom. The van der Waals surface area contributed by atoms with Crippen LogP contribution in [0.15, 0.2) is 18.2 Å². The van der Waals surface area contributed by atoms with Gasteiger partial charge in [-0.2, -0.15) is 0 Å². The van der Waals surface area contributed by atoms with Crippen molar-refractivity contribution >= 4 is 30.9 Å². The van der Waals surface area contributed by atoms with Crippen LogP contribution in [0.4, 0.5) is 0 Å². The van der Waals surface area contributed by atoms with Crippen LogP contribution in [0.5, 0.6) is 0 Å². The van der Waals surface area contributed by atoms with E-state index in [4.69, 9.17) is 14.9 Å². The molecule has 1 amide bonds. The number of nitrogens with one attached hydrogen (secondary N) is 1. The molecule has 1 aromatic carbocycles. The highest BCUT2D eigenvalue weighted by Gasteiger charge is 2.36. The second-order valence-electron chi connectivity index (χ2n) is 6.12. The molecule has 1 saturated heterocycles. The molecule has 10 nitrogen and oxygen atoms in total. The van der Waals surface area contributed by atoms with E-state index in [1.165, 1.54) is 12.1 Å². The molecule has 0 aliphatic carbocycles. The number of hydrogen-bond donors (Lipinski definition) is 5. The molecule has 11 heteroatoms. The number of amides is 1. The summed E-state index contributed by atoms with van der Waals surface area (Å²) in [6, 6.07) is 3.81. The maximum Gasteiger partial charge on any atom is 0.478 e. The molecule has 0 spiro atoms. The molecule has 0 unspecified atom stereocenters. The molecule has 144 valence electrons. The lowest BCUT2D eigenvalue weighted by atomic mass is 9.72. The number of benzene rings is 1. The highest BCUT2D eigenvalue weighted by molar-refractivity contribution is 6.45. The standard InChI is InChI=1S/C16H18BNO9/c19-12(18-11-5-4-9(7-13(20)21)27-17(11)26)6-8-2-1-3-10(15(22)23)14(8)16(24)25/h1-3,9,11,26H,4-7H2,(H,18,19)(H,20,21)(H,22,23)(H,24,25)/t9-,11-/m0/s1. The molecule has 1 aliphatic rings. The maximum atomic E-state index is 12.2. The van der Waals surface area contributed by atoms with Crippen LogP contribution in [0.1, 0.15) is 45.5 Å². The second kappa shape index (κ2) is 8.65. The summed E-state index contributed by atoms with van der Waals surface area (Å²) in [5.74, 6) is -5.35.